The Morgan fingerprint density at radius 1 is 1.16 bits per heavy atom. The van der Waals surface area contributed by atoms with Gasteiger partial charge in [0.2, 0.25) is 5.13 Å². The number of carboxylic acid groups (broad SMARTS) is 2. The number of hydrogen-bond donors (Lipinski definition) is 3. The van der Waals surface area contributed by atoms with Crippen molar-refractivity contribution in [3.8, 4) is 0 Å². The minimum Gasteiger partial charge on any atom is -0.475 e. The van der Waals surface area contributed by atoms with Gasteiger partial charge in [0.25, 0.3) is 5.91 Å². The van der Waals surface area contributed by atoms with Gasteiger partial charge in [-0.05, 0) is 19.1 Å². The summed E-state index contributed by atoms with van der Waals surface area (Å²) < 4.78 is 69.2. The molecular weight excluding hydrogens is 552 g/mol. The van der Waals surface area contributed by atoms with Crippen LogP contribution in [-0.2, 0) is 14.3 Å². The summed E-state index contributed by atoms with van der Waals surface area (Å²) in [5.74, 6) is -5.20. The first-order valence-electron chi connectivity index (χ1n) is 10.5. The molecule has 0 aliphatic carbocycles. The average Bonchev–Trinajstić information content (AvgIpc) is 3.51. The van der Waals surface area contributed by atoms with Gasteiger partial charge < -0.3 is 25.2 Å². The molecule has 3 N–H and O–H groups in total. The van der Waals surface area contributed by atoms with E-state index in [1.54, 1.807) is 35.9 Å². The molecule has 2 aromatic heterocycles. The molecule has 2 aliphatic heterocycles. The van der Waals surface area contributed by atoms with Crippen molar-refractivity contribution in [2.75, 3.05) is 37.7 Å². The summed E-state index contributed by atoms with van der Waals surface area (Å²) in [6, 6.07) is 3.54. The summed E-state index contributed by atoms with van der Waals surface area (Å²) in [5.41, 5.74) is 0.524. The van der Waals surface area contributed by atoms with Gasteiger partial charge in [0.15, 0.2) is 0 Å². The van der Waals surface area contributed by atoms with Gasteiger partial charge in [0.05, 0.1) is 18.8 Å². The molecule has 4 heterocycles. The molecule has 0 unspecified atom stereocenters. The van der Waals surface area contributed by atoms with Crippen LogP contribution >= 0.6 is 11.3 Å². The van der Waals surface area contributed by atoms with Crippen molar-refractivity contribution in [3.05, 3.63) is 35.1 Å². The lowest BCUT2D eigenvalue weighted by Gasteiger charge is -2.27. The second-order valence-corrected chi connectivity index (χ2v) is 9.25. The number of aryl methyl sites for hydroxylation is 1. The quantitative estimate of drug-likeness (QED) is 0.465. The van der Waals surface area contributed by atoms with E-state index in [9.17, 15) is 31.1 Å². The summed E-state index contributed by atoms with van der Waals surface area (Å²) >= 11 is 1.61. The monoisotopic (exact) mass is 573 g/mol. The number of anilines is 1. The number of hydrogen-bond acceptors (Lipinski definition) is 9. The van der Waals surface area contributed by atoms with Crippen LogP contribution < -0.4 is 10.2 Å². The number of fused-ring (bicyclic) bond motifs is 1. The second kappa shape index (κ2) is 12.3. The maximum absolute atomic E-state index is 12.3. The lowest BCUT2D eigenvalue weighted by Crippen LogP contribution is -2.43. The van der Waals surface area contributed by atoms with Crippen molar-refractivity contribution in [2.24, 2.45) is 11.3 Å². The largest absolute Gasteiger partial charge is 0.490 e. The average molecular weight is 573 g/mol. The number of carbonyl (C=O) groups is 3. The van der Waals surface area contributed by atoms with Gasteiger partial charge in [-0.3, -0.25) is 9.78 Å². The SMILES string of the molecule is Cc1nnc(N2C[C@@H]3COC[C@]3(CNC(=O)c3cccnc3)C2)s1.O=C(O)C(F)(F)F.O=C(O)C(F)(F)F. The van der Waals surface area contributed by atoms with E-state index < -0.39 is 24.3 Å². The summed E-state index contributed by atoms with van der Waals surface area (Å²) in [6.07, 6.45) is -6.92. The first kappa shape index (κ1) is 30.7. The summed E-state index contributed by atoms with van der Waals surface area (Å²) in [4.78, 5) is 36.4. The predicted molar refractivity (Wildman–Crippen MR) is 118 cm³/mol. The van der Waals surface area contributed by atoms with Gasteiger partial charge in [-0.25, -0.2) is 9.59 Å². The molecular formula is C20H21F6N5O6S. The Morgan fingerprint density at radius 2 is 1.76 bits per heavy atom. The number of alkyl halides is 6. The molecule has 0 spiro atoms. The molecule has 2 atom stereocenters. The smallest absolute Gasteiger partial charge is 0.475 e. The van der Waals surface area contributed by atoms with Gasteiger partial charge in [0, 0.05) is 43.4 Å². The Hall–Kier alpha value is -3.54. The Balaban J connectivity index is 0.000000301. The fraction of sp³-hybridized carbons (Fsp3) is 0.500. The molecule has 4 rings (SSSR count). The van der Waals surface area contributed by atoms with Crippen molar-refractivity contribution in [1.29, 1.82) is 0 Å². The first-order chi connectivity index (χ1) is 17.5. The fourth-order valence-corrected chi connectivity index (χ4v) is 4.19. The zero-order chi connectivity index (χ0) is 28.7. The number of ether oxygens (including phenoxy) is 1. The number of aromatic nitrogens is 3. The van der Waals surface area contributed by atoms with E-state index in [1.807, 2.05) is 6.92 Å². The van der Waals surface area contributed by atoms with Crippen LogP contribution in [0.1, 0.15) is 15.4 Å². The highest BCUT2D eigenvalue weighted by Gasteiger charge is 2.51. The minimum atomic E-state index is -5.08. The van der Waals surface area contributed by atoms with Crippen molar-refractivity contribution in [3.63, 3.8) is 0 Å². The van der Waals surface area contributed by atoms with Crippen LogP contribution in [0.5, 0.6) is 0 Å². The molecule has 2 aliphatic rings. The molecule has 2 fully saturated rings. The van der Waals surface area contributed by atoms with Crippen molar-refractivity contribution in [1.82, 2.24) is 20.5 Å². The molecule has 2 saturated heterocycles. The minimum absolute atomic E-state index is 0.0581. The lowest BCUT2D eigenvalue weighted by atomic mass is 9.81. The molecule has 0 radical (unpaired) electrons. The molecule has 210 valence electrons. The van der Waals surface area contributed by atoms with E-state index >= 15 is 0 Å². The van der Waals surface area contributed by atoms with Gasteiger partial charge in [-0.2, -0.15) is 26.3 Å². The Kier molecular flexibility index (Phi) is 9.96. The molecule has 0 aromatic carbocycles. The molecule has 2 aromatic rings. The van der Waals surface area contributed by atoms with Crippen molar-refractivity contribution >= 4 is 34.3 Å². The van der Waals surface area contributed by atoms with E-state index in [0.717, 1.165) is 29.8 Å². The second-order valence-electron chi connectivity index (χ2n) is 8.09. The highest BCUT2D eigenvalue weighted by Crippen LogP contribution is 2.43. The predicted octanol–water partition coefficient (Wildman–Crippen LogP) is 2.39. The zero-order valence-electron chi connectivity index (χ0n) is 19.4. The third-order valence-corrected chi connectivity index (χ3v) is 6.22. The number of nitrogens with zero attached hydrogens (tertiary/aromatic N) is 4. The van der Waals surface area contributed by atoms with Gasteiger partial charge >= 0.3 is 24.3 Å². The maximum atomic E-state index is 12.3. The number of halogens is 6. The van der Waals surface area contributed by atoms with E-state index in [-0.39, 0.29) is 11.3 Å². The Morgan fingerprint density at radius 3 is 2.24 bits per heavy atom. The summed E-state index contributed by atoms with van der Waals surface area (Å²) in [6.45, 7) is 5.69. The number of carbonyl (C=O) groups excluding carboxylic acids is 1. The van der Waals surface area contributed by atoms with Crippen molar-refractivity contribution < 1.29 is 55.7 Å². The molecule has 18 heteroatoms. The van der Waals surface area contributed by atoms with Crippen LogP contribution in [0.4, 0.5) is 31.5 Å². The van der Waals surface area contributed by atoms with Crippen LogP contribution in [0, 0.1) is 18.3 Å². The number of carboxylic acids is 2. The lowest BCUT2D eigenvalue weighted by molar-refractivity contribution is -0.193. The molecule has 0 bridgehead atoms. The van der Waals surface area contributed by atoms with Crippen LogP contribution in [0.25, 0.3) is 0 Å². The van der Waals surface area contributed by atoms with Crippen molar-refractivity contribution in [2.45, 2.75) is 19.3 Å². The third-order valence-electron chi connectivity index (χ3n) is 5.32. The standard InChI is InChI=1S/C16H19N5O2S.2C2HF3O2/c1-11-19-20-15(24-11)21-6-13-7-23-10-16(13,9-21)8-18-14(22)12-3-2-4-17-5-12;2*3-2(4,5)1(6)7/h2-5,13H,6-10H2,1H3,(H,18,22);2*(H,6,7)/t13-,16+;;/m1../s1. The highest BCUT2D eigenvalue weighted by molar-refractivity contribution is 7.15. The van der Waals surface area contributed by atoms with E-state index in [1.165, 1.54) is 0 Å². The van der Waals surface area contributed by atoms with E-state index in [2.05, 4.69) is 25.4 Å². The fourth-order valence-electron chi connectivity index (χ4n) is 3.50. The number of aliphatic carboxylic acids is 2. The van der Waals surface area contributed by atoms with Crippen LogP contribution in [0.2, 0.25) is 0 Å². The topological polar surface area (TPSA) is 155 Å². The molecule has 38 heavy (non-hydrogen) atoms. The number of pyridine rings is 1. The number of rotatable bonds is 4. The van der Waals surface area contributed by atoms with Gasteiger partial charge in [-0.1, -0.05) is 11.3 Å². The maximum Gasteiger partial charge on any atom is 0.490 e. The van der Waals surface area contributed by atoms with Crippen LogP contribution in [0.3, 0.4) is 0 Å². The molecule has 0 saturated carbocycles. The number of nitrogens with one attached hydrogen (secondary N) is 1. The highest BCUT2D eigenvalue weighted by atomic mass is 32.1. The molecule has 1 amide bonds. The zero-order valence-corrected chi connectivity index (χ0v) is 20.2. The molecule has 11 nitrogen and oxygen atoms in total. The van der Waals surface area contributed by atoms with Crippen LogP contribution in [0.15, 0.2) is 24.5 Å². The Bertz CT molecular complexity index is 1090. The van der Waals surface area contributed by atoms with Gasteiger partial charge in [0.1, 0.15) is 5.01 Å². The van der Waals surface area contributed by atoms with E-state index in [0.29, 0.717) is 24.6 Å². The summed E-state index contributed by atoms with van der Waals surface area (Å²) in [5, 5.41) is 27.6. The van der Waals surface area contributed by atoms with E-state index in [4.69, 9.17) is 24.5 Å². The first-order valence-corrected chi connectivity index (χ1v) is 11.3. The Labute approximate surface area is 214 Å². The normalized spacial score (nSPS) is 20.4. The summed E-state index contributed by atoms with van der Waals surface area (Å²) in [7, 11) is 0. The number of amides is 1. The third kappa shape index (κ3) is 8.51. The van der Waals surface area contributed by atoms with Gasteiger partial charge in [-0.15, -0.1) is 10.2 Å². The van der Waals surface area contributed by atoms with Crippen LogP contribution in [-0.4, -0.2) is 88.4 Å².